The average molecular weight is 433 g/mol. The van der Waals surface area contributed by atoms with Gasteiger partial charge in [0.25, 0.3) is 0 Å². The fourth-order valence-corrected chi connectivity index (χ4v) is 3.81. The minimum absolute atomic E-state index is 0.0264. The van der Waals surface area contributed by atoms with Crippen molar-refractivity contribution in [2.24, 2.45) is 0 Å². The third kappa shape index (κ3) is 4.11. The van der Waals surface area contributed by atoms with Gasteiger partial charge in [0, 0.05) is 24.0 Å². The van der Waals surface area contributed by atoms with Gasteiger partial charge in [0.2, 0.25) is 0 Å². The van der Waals surface area contributed by atoms with E-state index in [4.69, 9.17) is 9.47 Å². The average Bonchev–Trinajstić information content (AvgIpc) is 3.14. The predicted molar refractivity (Wildman–Crippen MR) is 106 cm³/mol. The molecule has 0 radical (unpaired) electrons. The van der Waals surface area contributed by atoms with Crippen molar-refractivity contribution in [1.29, 1.82) is 0 Å². The van der Waals surface area contributed by atoms with Gasteiger partial charge in [-0.2, -0.15) is 0 Å². The molecule has 0 fully saturated rings. The first-order chi connectivity index (χ1) is 12.6. The molecule has 0 spiro atoms. The number of ketones is 1. The van der Waals surface area contributed by atoms with Gasteiger partial charge < -0.3 is 9.47 Å². The molecule has 3 rings (SSSR count). The van der Waals surface area contributed by atoms with E-state index < -0.39 is 0 Å². The van der Waals surface area contributed by atoms with Crippen LogP contribution >= 0.6 is 27.7 Å². The number of rotatable bonds is 7. The van der Waals surface area contributed by atoms with Crippen molar-refractivity contribution in [3.8, 4) is 17.2 Å². The van der Waals surface area contributed by atoms with E-state index in [2.05, 4.69) is 20.9 Å². The number of carbonyl (C=O) groups is 1. The predicted octanol–water partition coefficient (Wildman–Crippen LogP) is 4.63. The summed E-state index contributed by atoms with van der Waals surface area (Å²) >= 11 is 4.80. The first-order valence-electron chi connectivity index (χ1n) is 7.79. The Morgan fingerprint density at radius 3 is 2.77 bits per heavy atom. The van der Waals surface area contributed by atoms with Crippen LogP contribution in [0, 0.1) is 0 Å². The second-order valence-electron chi connectivity index (χ2n) is 5.34. The summed E-state index contributed by atoms with van der Waals surface area (Å²) in [5.41, 5.74) is 1.56. The van der Waals surface area contributed by atoms with Crippen molar-refractivity contribution >= 4 is 33.5 Å². The molecule has 0 aliphatic carbocycles. The Balaban J connectivity index is 1.73. The quantitative estimate of drug-likeness (QED) is 0.402. The lowest BCUT2D eigenvalue weighted by Gasteiger charge is -2.09. The summed E-state index contributed by atoms with van der Waals surface area (Å²) in [6, 6.07) is 13.0. The highest BCUT2D eigenvalue weighted by Gasteiger charge is 2.13. The molecule has 0 saturated heterocycles. The first kappa shape index (κ1) is 18.5. The molecule has 0 amide bonds. The molecule has 26 heavy (non-hydrogen) atoms. The van der Waals surface area contributed by atoms with E-state index in [0.717, 1.165) is 21.1 Å². The summed E-state index contributed by atoms with van der Waals surface area (Å²) < 4.78 is 13.2. The highest BCUT2D eigenvalue weighted by atomic mass is 79.9. The Bertz CT molecular complexity index is 927. The number of thioether (sulfide) groups is 1. The topological polar surface area (TPSA) is 53.4 Å². The van der Waals surface area contributed by atoms with Crippen molar-refractivity contribution in [3.63, 3.8) is 0 Å². The molecule has 1 aromatic heterocycles. The Morgan fingerprint density at radius 2 is 2.04 bits per heavy atom. The van der Waals surface area contributed by atoms with Crippen LogP contribution in [0.5, 0.6) is 11.5 Å². The van der Waals surface area contributed by atoms with E-state index >= 15 is 0 Å². The van der Waals surface area contributed by atoms with Crippen LogP contribution < -0.4 is 9.47 Å². The van der Waals surface area contributed by atoms with Crippen molar-refractivity contribution in [1.82, 2.24) is 9.55 Å². The van der Waals surface area contributed by atoms with E-state index in [1.54, 1.807) is 38.6 Å². The standard InChI is InChI=1S/C19H17BrN2O3S/c1-24-15-5-3-4-14(11-15)22-9-8-21-19(22)26-12-17(23)13-6-7-18(25-2)16(20)10-13/h3-11H,12H2,1-2H3. The zero-order chi connectivity index (χ0) is 18.5. The van der Waals surface area contributed by atoms with Crippen LogP contribution in [0.3, 0.4) is 0 Å². The third-order valence-corrected chi connectivity index (χ3v) is 5.33. The molecule has 2 aromatic carbocycles. The minimum atomic E-state index is 0.0264. The number of halogens is 1. The van der Waals surface area contributed by atoms with Crippen LogP contribution in [0.15, 0.2) is 64.5 Å². The lowest BCUT2D eigenvalue weighted by atomic mass is 10.1. The lowest BCUT2D eigenvalue weighted by Crippen LogP contribution is -2.04. The molecule has 0 bridgehead atoms. The van der Waals surface area contributed by atoms with Crippen LogP contribution in [0.2, 0.25) is 0 Å². The summed E-state index contributed by atoms with van der Waals surface area (Å²) in [4.78, 5) is 16.9. The van der Waals surface area contributed by atoms with Gasteiger partial charge in [-0.05, 0) is 46.3 Å². The largest absolute Gasteiger partial charge is 0.497 e. The number of imidazole rings is 1. The zero-order valence-electron chi connectivity index (χ0n) is 14.3. The number of methoxy groups -OCH3 is 2. The van der Waals surface area contributed by atoms with E-state index in [9.17, 15) is 4.79 Å². The SMILES string of the molecule is COc1cccc(-n2ccnc2SCC(=O)c2ccc(OC)c(Br)c2)c1. The third-order valence-electron chi connectivity index (χ3n) is 3.74. The number of Topliss-reactive ketones (excluding diaryl/α,β-unsaturated/α-hetero) is 1. The van der Waals surface area contributed by atoms with Crippen molar-refractivity contribution in [3.05, 3.63) is 64.9 Å². The maximum absolute atomic E-state index is 12.5. The molecule has 7 heteroatoms. The van der Waals surface area contributed by atoms with E-state index in [1.807, 2.05) is 35.0 Å². The number of carbonyl (C=O) groups excluding carboxylic acids is 1. The van der Waals surface area contributed by atoms with Crippen LogP contribution in [-0.4, -0.2) is 35.3 Å². The summed E-state index contributed by atoms with van der Waals surface area (Å²) in [6.45, 7) is 0. The Kier molecular flexibility index (Phi) is 6.00. The lowest BCUT2D eigenvalue weighted by molar-refractivity contribution is 0.102. The molecule has 0 atom stereocenters. The zero-order valence-corrected chi connectivity index (χ0v) is 16.7. The highest BCUT2D eigenvalue weighted by Crippen LogP contribution is 2.27. The Morgan fingerprint density at radius 1 is 1.19 bits per heavy atom. The van der Waals surface area contributed by atoms with Crippen molar-refractivity contribution in [2.45, 2.75) is 5.16 Å². The number of nitrogens with zero attached hydrogens (tertiary/aromatic N) is 2. The molecule has 1 heterocycles. The number of hydrogen-bond donors (Lipinski definition) is 0. The molecule has 134 valence electrons. The smallest absolute Gasteiger partial charge is 0.173 e. The van der Waals surface area contributed by atoms with Gasteiger partial charge >= 0.3 is 0 Å². The van der Waals surface area contributed by atoms with Gasteiger partial charge in [-0.3, -0.25) is 9.36 Å². The fourth-order valence-electron chi connectivity index (χ4n) is 2.41. The molecular weight excluding hydrogens is 416 g/mol. The Labute approximate surface area is 164 Å². The first-order valence-corrected chi connectivity index (χ1v) is 9.57. The summed E-state index contributed by atoms with van der Waals surface area (Å²) in [7, 11) is 3.23. The van der Waals surface area contributed by atoms with Crippen LogP contribution in [0.25, 0.3) is 5.69 Å². The Hall–Kier alpha value is -2.25. The maximum atomic E-state index is 12.5. The van der Waals surface area contributed by atoms with E-state index in [1.165, 1.54) is 11.8 Å². The summed E-state index contributed by atoms with van der Waals surface area (Å²) in [5.74, 6) is 1.78. The normalized spacial score (nSPS) is 10.6. The van der Waals surface area contributed by atoms with Gasteiger partial charge in [-0.25, -0.2) is 4.98 Å². The van der Waals surface area contributed by atoms with Crippen molar-refractivity contribution < 1.29 is 14.3 Å². The number of benzene rings is 2. The minimum Gasteiger partial charge on any atom is -0.497 e. The molecular formula is C19H17BrN2O3S. The number of hydrogen-bond acceptors (Lipinski definition) is 5. The van der Waals surface area contributed by atoms with Crippen LogP contribution in [-0.2, 0) is 0 Å². The maximum Gasteiger partial charge on any atom is 0.173 e. The highest BCUT2D eigenvalue weighted by molar-refractivity contribution is 9.10. The van der Waals surface area contributed by atoms with Gasteiger partial charge in [-0.15, -0.1) is 0 Å². The van der Waals surface area contributed by atoms with Crippen molar-refractivity contribution in [2.75, 3.05) is 20.0 Å². The fraction of sp³-hybridized carbons (Fsp3) is 0.158. The molecule has 0 saturated carbocycles. The van der Waals surface area contributed by atoms with Crippen LogP contribution in [0.1, 0.15) is 10.4 Å². The summed E-state index contributed by atoms with van der Waals surface area (Å²) in [6.07, 6.45) is 3.59. The number of ether oxygens (including phenoxy) is 2. The van der Waals surface area contributed by atoms with Gasteiger partial charge in [0.15, 0.2) is 10.9 Å². The van der Waals surface area contributed by atoms with Gasteiger partial charge in [0.1, 0.15) is 11.5 Å². The molecule has 0 aliphatic heterocycles. The second kappa shape index (κ2) is 8.42. The second-order valence-corrected chi connectivity index (χ2v) is 7.14. The monoisotopic (exact) mass is 432 g/mol. The van der Waals surface area contributed by atoms with Gasteiger partial charge in [0.05, 0.1) is 30.1 Å². The molecule has 0 N–H and O–H groups in total. The number of aromatic nitrogens is 2. The summed E-state index contributed by atoms with van der Waals surface area (Å²) in [5, 5.41) is 0.749. The van der Waals surface area contributed by atoms with Crippen LogP contribution in [0.4, 0.5) is 0 Å². The molecule has 5 nitrogen and oxygen atoms in total. The van der Waals surface area contributed by atoms with Gasteiger partial charge in [-0.1, -0.05) is 17.8 Å². The van der Waals surface area contributed by atoms with E-state index in [0.29, 0.717) is 17.1 Å². The molecule has 3 aromatic rings. The van der Waals surface area contributed by atoms with E-state index in [-0.39, 0.29) is 5.78 Å². The molecule has 0 unspecified atom stereocenters. The molecule has 0 aliphatic rings.